The lowest BCUT2D eigenvalue weighted by molar-refractivity contribution is -0.163. The van der Waals surface area contributed by atoms with Crippen LogP contribution in [0.1, 0.15) is 54.4 Å². The van der Waals surface area contributed by atoms with E-state index in [1.54, 1.807) is 0 Å². The second-order valence-electron chi connectivity index (χ2n) is 6.99. The van der Waals surface area contributed by atoms with Crippen molar-refractivity contribution in [2.75, 3.05) is 0 Å². The van der Waals surface area contributed by atoms with Crippen molar-refractivity contribution in [3.8, 4) is 0 Å². The molecule has 1 rings (SSSR count). The summed E-state index contributed by atoms with van der Waals surface area (Å²) in [5, 5.41) is 0. The van der Waals surface area contributed by atoms with Crippen LogP contribution in [-0.4, -0.2) is 17.1 Å². The van der Waals surface area contributed by atoms with E-state index in [-0.39, 0.29) is 17.3 Å². The molecule has 2 atom stereocenters. The second-order valence-corrected chi connectivity index (χ2v) is 6.99. The molecule has 3 nitrogen and oxygen atoms in total. The molecule has 0 amide bonds. The lowest BCUT2D eigenvalue weighted by Crippen LogP contribution is -2.53. The van der Waals surface area contributed by atoms with Crippen LogP contribution >= 0.6 is 0 Å². The molecule has 16 heavy (non-hydrogen) atoms. The van der Waals surface area contributed by atoms with Gasteiger partial charge in [-0.1, -0.05) is 20.8 Å². The maximum atomic E-state index is 12.1. The van der Waals surface area contributed by atoms with Crippen molar-refractivity contribution in [3.05, 3.63) is 0 Å². The first-order chi connectivity index (χ1) is 6.96. The summed E-state index contributed by atoms with van der Waals surface area (Å²) < 4.78 is 5.42. The van der Waals surface area contributed by atoms with Gasteiger partial charge in [0.05, 0.1) is 0 Å². The Balaban J connectivity index is 2.83. The Kier molecular flexibility index (Phi) is 3.14. The Morgan fingerprint density at radius 2 is 1.88 bits per heavy atom. The molecule has 0 spiro atoms. The summed E-state index contributed by atoms with van der Waals surface area (Å²) >= 11 is 0. The summed E-state index contributed by atoms with van der Waals surface area (Å²) in [4.78, 5) is 12.1. The first kappa shape index (κ1) is 13.5. The molecular weight excluding hydrogens is 202 g/mol. The van der Waals surface area contributed by atoms with Gasteiger partial charge in [-0.3, -0.25) is 4.79 Å². The van der Waals surface area contributed by atoms with Gasteiger partial charge in [-0.15, -0.1) is 0 Å². The van der Waals surface area contributed by atoms with Gasteiger partial charge in [-0.25, -0.2) is 0 Å². The molecule has 0 saturated heterocycles. The summed E-state index contributed by atoms with van der Waals surface area (Å²) in [5.74, 6) is -0.0737. The summed E-state index contributed by atoms with van der Waals surface area (Å²) in [7, 11) is 0. The minimum atomic E-state index is -0.809. The third-order valence-electron chi connectivity index (χ3n) is 3.29. The molecule has 0 heterocycles. The van der Waals surface area contributed by atoms with E-state index in [2.05, 4.69) is 13.8 Å². The van der Waals surface area contributed by atoms with Crippen LogP contribution in [0.2, 0.25) is 0 Å². The molecule has 0 aliphatic heterocycles. The van der Waals surface area contributed by atoms with Crippen LogP contribution < -0.4 is 5.73 Å². The standard InChI is InChI=1S/C13H25NO2/c1-9-7-12(5,6)8-13(9,14)10(15)16-11(2,3)4/h9H,7-8,14H2,1-6H3/t9-,13-/m1/s1. The lowest BCUT2D eigenvalue weighted by atomic mass is 9.87. The molecule has 1 fully saturated rings. The third kappa shape index (κ3) is 2.76. The fraction of sp³-hybridized carbons (Fsp3) is 0.923. The smallest absolute Gasteiger partial charge is 0.326 e. The molecule has 0 aromatic carbocycles. The number of carbonyl (C=O) groups is 1. The Morgan fingerprint density at radius 3 is 2.19 bits per heavy atom. The van der Waals surface area contributed by atoms with E-state index >= 15 is 0 Å². The first-order valence-electron chi connectivity index (χ1n) is 5.99. The SMILES string of the molecule is C[C@@H]1CC(C)(C)C[C@]1(N)C(=O)OC(C)(C)C. The number of hydrogen-bond donors (Lipinski definition) is 1. The maximum Gasteiger partial charge on any atom is 0.326 e. The Hall–Kier alpha value is -0.570. The topological polar surface area (TPSA) is 52.3 Å². The molecule has 1 aliphatic carbocycles. The van der Waals surface area contributed by atoms with Crippen molar-refractivity contribution >= 4 is 5.97 Å². The summed E-state index contributed by atoms with van der Waals surface area (Å²) in [5.41, 5.74) is 5.11. The van der Waals surface area contributed by atoms with Gasteiger partial charge in [0.25, 0.3) is 0 Å². The van der Waals surface area contributed by atoms with E-state index in [9.17, 15) is 4.79 Å². The average molecular weight is 227 g/mol. The minimum Gasteiger partial charge on any atom is -0.459 e. The Bertz CT molecular complexity index is 291. The highest BCUT2D eigenvalue weighted by molar-refractivity contribution is 5.82. The summed E-state index contributed by atoms with van der Waals surface area (Å²) in [6, 6.07) is 0. The maximum absolute atomic E-state index is 12.1. The van der Waals surface area contributed by atoms with Crippen LogP contribution in [0.25, 0.3) is 0 Å². The number of hydrogen-bond acceptors (Lipinski definition) is 3. The molecule has 0 aromatic rings. The van der Waals surface area contributed by atoms with Crippen LogP contribution in [0, 0.1) is 11.3 Å². The van der Waals surface area contributed by atoms with Gasteiger partial charge < -0.3 is 10.5 Å². The van der Waals surface area contributed by atoms with Crippen molar-refractivity contribution in [1.29, 1.82) is 0 Å². The van der Waals surface area contributed by atoms with Crippen LogP contribution in [0.3, 0.4) is 0 Å². The summed E-state index contributed by atoms with van der Waals surface area (Å²) in [6.07, 6.45) is 1.68. The van der Waals surface area contributed by atoms with E-state index in [1.807, 2.05) is 27.7 Å². The monoisotopic (exact) mass is 227 g/mol. The molecule has 0 unspecified atom stereocenters. The highest BCUT2D eigenvalue weighted by atomic mass is 16.6. The van der Waals surface area contributed by atoms with Crippen molar-refractivity contribution in [2.24, 2.45) is 17.1 Å². The zero-order valence-corrected chi connectivity index (χ0v) is 11.4. The van der Waals surface area contributed by atoms with Crippen LogP contribution in [0.15, 0.2) is 0 Å². The number of carbonyl (C=O) groups excluding carboxylic acids is 1. The van der Waals surface area contributed by atoms with Crippen molar-refractivity contribution in [3.63, 3.8) is 0 Å². The van der Waals surface area contributed by atoms with Gasteiger partial charge in [-0.2, -0.15) is 0 Å². The fourth-order valence-corrected chi connectivity index (χ4v) is 2.70. The number of ether oxygens (including phenoxy) is 1. The van der Waals surface area contributed by atoms with Crippen molar-refractivity contribution in [1.82, 2.24) is 0 Å². The average Bonchev–Trinajstić information content (AvgIpc) is 2.18. The van der Waals surface area contributed by atoms with Crippen molar-refractivity contribution < 1.29 is 9.53 Å². The zero-order valence-electron chi connectivity index (χ0n) is 11.4. The Labute approximate surface area is 98.7 Å². The number of esters is 1. The molecule has 0 radical (unpaired) electrons. The molecular formula is C13H25NO2. The molecule has 94 valence electrons. The second kappa shape index (κ2) is 3.73. The van der Waals surface area contributed by atoms with Crippen molar-refractivity contribution in [2.45, 2.75) is 65.5 Å². The fourth-order valence-electron chi connectivity index (χ4n) is 2.70. The third-order valence-corrected chi connectivity index (χ3v) is 3.29. The number of rotatable bonds is 1. The molecule has 2 N–H and O–H groups in total. The molecule has 0 aromatic heterocycles. The molecule has 1 saturated carbocycles. The Morgan fingerprint density at radius 1 is 1.38 bits per heavy atom. The molecule has 1 aliphatic rings. The van der Waals surface area contributed by atoms with E-state index in [4.69, 9.17) is 10.5 Å². The quantitative estimate of drug-likeness (QED) is 0.700. The predicted molar refractivity (Wildman–Crippen MR) is 64.9 cm³/mol. The van der Waals surface area contributed by atoms with E-state index in [1.165, 1.54) is 0 Å². The van der Waals surface area contributed by atoms with Gasteiger partial charge in [0.2, 0.25) is 0 Å². The van der Waals surface area contributed by atoms with E-state index < -0.39 is 11.1 Å². The van der Waals surface area contributed by atoms with Gasteiger partial charge in [0, 0.05) is 0 Å². The number of nitrogens with two attached hydrogens (primary N) is 1. The van der Waals surface area contributed by atoms with E-state index in [0.717, 1.165) is 6.42 Å². The highest BCUT2D eigenvalue weighted by Crippen LogP contribution is 2.46. The van der Waals surface area contributed by atoms with Gasteiger partial charge in [0.1, 0.15) is 11.1 Å². The zero-order chi connectivity index (χ0) is 12.8. The largest absolute Gasteiger partial charge is 0.459 e. The molecule has 0 bridgehead atoms. The van der Waals surface area contributed by atoms with Crippen LogP contribution in [0.5, 0.6) is 0 Å². The van der Waals surface area contributed by atoms with Crippen LogP contribution in [-0.2, 0) is 9.53 Å². The van der Waals surface area contributed by atoms with Gasteiger partial charge >= 0.3 is 5.97 Å². The normalized spacial score (nSPS) is 33.8. The predicted octanol–water partition coefficient (Wildman–Crippen LogP) is 2.48. The summed E-state index contributed by atoms with van der Waals surface area (Å²) in [6.45, 7) is 12.0. The lowest BCUT2D eigenvalue weighted by Gasteiger charge is -2.31. The van der Waals surface area contributed by atoms with Gasteiger partial charge in [-0.05, 0) is 44.9 Å². The molecule has 3 heteroatoms. The van der Waals surface area contributed by atoms with Gasteiger partial charge in [0.15, 0.2) is 0 Å². The highest BCUT2D eigenvalue weighted by Gasteiger charge is 2.52. The minimum absolute atomic E-state index is 0.130. The van der Waals surface area contributed by atoms with E-state index in [0.29, 0.717) is 6.42 Å². The first-order valence-corrected chi connectivity index (χ1v) is 5.99. The van der Waals surface area contributed by atoms with Crippen LogP contribution in [0.4, 0.5) is 0 Å².